The van der Waals surface area contributed by atoms with Gasteiger partial charge < -0.3 is 10.1 Å². The molecule has 1 aliphatic rings. The second-order valence-corrected chi connectivity index (χ2v) is 9.95. The maximum Gasteiger partial charge on any atom is 0.161 e. The summed E-state index contributed by atoms with van der Waals surface area (Å²) < 4.78 is 14.0. The van der Waals surface area contributed by atoms with Gasteiger partial charge in [-0.3, -0.25) is 15.0 Å². The van der Waals surface area contributed by atoms with Crippen LogP contribution in [0.15, 0.2) is 61.2 Å². The van der Waals surface area contributed by atoms with Gasteiger partial charge in [0.05, 0.1) is 5.39 Å². The molecule has 0 aliphatic carbocycles. The highest BCUT2D eigenvalue weighted by Crippen LogP contribution is 2.33. The van der Waals surface area contributed by atoms with Gasteiger partial charge in [-0.25, -0.2) is 19.3 Å². The van der Waals surface area contributed by atoms with Gasteiger partial charge in [-0.2, -0.15) is 5.10 Å². The van der Waals surface area contributed by atoms with Crippen LogP contribution in [0.25, 0.3) is 56.0 Å². The van der Waals surface area contributed by atoms with E-state index in [0.717, 1.165) is 42.2 Å². The number of hydrogen-bond acceptors (Lipinski definition) is 7. The molecule has 10 heteroatoms. The fraction of sp³-hybridized carbons (Fsp3) is 0.207. The zero-order valence-electron chi connectivity index (χ0n) is 21.0. The molecule has 0 radical (unpaired) electrons. The van der Waals surface area contributed by atoms with E-state index < -0.39 is 5.82 Å². The molecule has 0 unspecified atom stereocenters. The summed E-state index contributed by atoms with van der Waals surface area (Å²) in [6.45, 7) is 3.15. The Labute approximate surface area is 222 Å². The second kappa shape index (κ2) is 9.55. The van der Waals surface area contributed by atoms with Crippen molar-refractivity contribution in [1.82, 2.24) is 40.0 Å². The smallest absolute Gasteiger partial charge is 0.161 e. The van der Waals surface area contributed by atoms with E-state index in [4.69, 9.17) is 4.98 Å². The highest BCUT2D eigenvalue weighted by molar-refractivity contribution is 5.96. The van der Waals surface area contributed by atoms with Gasteiger partial charge in [0.2, 0.25) is 0 Å². The molecule has 0 bridgehead atoms. The summed E-state index contributed by atoms with van der Waals surface area (Å²) in [5.41, 5.74) is 6.57. The summed E-state index contributed by atoms with van der Waals surface area (Å²) in [7, 11) is 0. The van der Waals surface area contributed by atoms with E-state index in [1.807, 2.05) is 24.7 Å². The van der Waals surface area contributed by atoms with Crippen LogP contribution in [-0.2, 0) is 6.54 Å². The predicted molar refractivity (Wildman–Crippen MR) is 146 cm³/mol. The van der Waals surface area contributed by atoms with E-state index in [2.05, 4.69) is 41.1 Å². The van der Waals surface area contributed by atoms with Crippen LogP contribution >= 0.6 is 0 Å². The topological polar surface area (TPSA) is 120 Å². The zero-order chi connectivity index (χ0) is 26.3. The van der Waals surface area contributed by atoms with Crippen molar-refractivity contribution in [2.24, 2.45) is 0 Å². The Hall–Kier alpha value is -4.70. The number of rotatable bonds is 5. The monoisotopic (exact) mass is 520 g/mol. The number of phenols is 1. The molecular weight excluding hydrogens is 495 g/mol. The first-order valence-electron chi connectivity index (χ1n) is 13.0. The molecule has 39 heavy (non-hydrogen) atoms. The van der Waals surface area contributed by atoms with Crippen LogP contribution in [0.3, 0.4) is 0 Å². The first kappa shape index (κ1) is 23.4. The summed E-state index contributed by atoms with van der Waals surface area (Å²) in [6.07, 6.45) is 11.0. The third-order valence-electron chi connectivity index (χ3n) is 7.20. The zero-order valence-corrected chi connectivity index (χ0v) is 21.0. The van der Waals surface area contributed by atoms with Gasteiger partial charge in [-0.15, -0.1) is 0 Å². The van der Waals surface area contributed by atoms with Gasteiger partial charge in [0.15, 0.2) is 17.1 Å². The van der Waals surface area contributed by atoms with Gasteiger partial charge in [-0.1, -0.05) is 6.42 Å². The number of hydrogen-bond donors (Lipinski definition) is 3. The molecule has 1 fully saturated rings. The Balaban J connectivity index is 1.26. The first-order chi connectivity index (χ1) is 19.1. The Kier molecular flexibility index (Phi) is 5.74. The molecule has 6 aromatic rings. The Morgan fingerprint density at radius 3 is 2.64 bits per heavy atom. The summed E-state index contributed by atoms with van der Waals surface area (Å²) in [4.78, 5) is 24.0. The number of imidazole rings is 1. The number of nitrogens with zero attached hydrogens (tertiary/aromatic N) is 6. The lowest BCUT2D eigenvalue weighted by atomic mass is 10.1. The number of piperidine rings is 1. The van der Waals surface area contributed by atoms with Crippen molar-refractivity contribution in [3.63, 3.8) is 0 Å². The SMILES string of the molecule is Oc1cc(F)cc(-c2ccnc3[nH]c(-c4n[nH]c5ncc(-c6cncc(CN7CCCCC7)c6)cc45)nc23)c1. The van der Waals surface area contributed by atoms with Crippen LogP contribution in [0.4, 0.5) is 4.39 Å². The van der Waals surface area contributed by atoms with Crippen LogP contribution < -0.4 is 0 Å². The van der Waals surface area contributed by atoms with Gasteiger partial charge in [0.25, 0.3) is 0 Å². The molecule has 0 atom stereocenters. The van der Waals surface area contributed by atoms with Crippen molar-refractivity contribution in [3.05, 3.63) is 72.6 Å². The molecule has 0 spiro atoms. The van der Waals surface area contributed by atoms with E-state index in [1.54, 1.807) is 12.3 Å². The molecule has 5 aromatic heterocycles. The minimum absolute atomic E-state index is 0.155. The van der Waals surface area contributed by atoms with E-state index >= 15 is 0 Å². The number of nitrogens with one attached hydrogen (secondary N) is 2. The largest absolute Gasteiger partial charge is 0.508 e. The van der Waals surface area contributed by atoms with Crippen molar-refractivity contribution in [3.8, 4) is 39.5 Å². The minimum atomic E-state index is -0.530. The number of aromatic nitrogens is 7. The van der Waals surface area contributed by atoms with Gasteiger partial charge >= 0.3 is 0 Å². The molecule has 3 N–H and O–H groups in total. The number of halogens is 1. The third kappa shape index (κ3) is 4.48. The number of benzene rings is 1. The van der Waals surface area contributed by atoms with Crippen LogP contribution in [0.2, 0.25) is 0 Å². The molecule has 7 rings (SSSR count). The molecule has 1 saturated heterocycles. The molecule has 1 aromatic carbocycles. The Morgan fingerprint density at radius 1 is 0.897 bits per heavy atom. The van der Waals surface area contributed by atoms with Crippen LogP contribution in [0, 0.1) is 5.82 Å². The average molecular weight is 521 g/mol. The number of H-pyrrole nitrogens is 2. The highest BCUT2D eigenvalue weighted by atomic mass is 19.1. The highest BCUT2D eigenvalue weighted by Gasteiger charge is 2.18. The minimum Gasteiger partial charge on any atom is -0.508 e. The number of phenolic OH excluding ortho intramolecular Hbond substituents is 1. The number of aromatic hydroxyl groups is 1. The number of pyridine rings is 3. The first-order valence-corrected chi connectivity index (χ1v) is 13.0. The third-order valence-corrected chi connectivity index (χ3v) is 7.20. The molecule has 6 heterocycles. The molecule has 194 valence electrons. The van der Waals surface area contributed by atoms with Crippen molar-refractivity contribution in [2.45, 2.75) is 25.8 Å². The number of fused-ring (bicyclic) bond motifs is 2. The van der Waals surface area contributed by atoms with E-state index in [9.17, 15) is 9.50 Å². The fourth-order valence-electron chi connectivity index (χ4n) is 5.33. The normalized spacial score (nSPS) is 14.4. The Morgan fingerprint density at radius 2 is 1.77 bits per heavy atom. The van der Waals surface area contributed by atoms with E-state index in [-0.39, 0.29) is 5.75 Å². The summed E-state index contributed by atoms with van der Waals surface area (Å²) in [6, 6.07) is 9.88. The lowest BCUT2D eigenvalue weighted by Crippen LogP contribution is -2.29. The van der Waals surface area contributed by atoms with Crippen LogP contribution in [0.5, 0.6) is 5.75 Å². The van der Waals surface area contributed by atoms with Gasteiger partial charge in [0.1, 0.15) is 22.8 Å². The molecule has 0 saturated carbocycles. The number of likely N-dealkylation sites (tertiary alicyclic amines) is 1. The predicted octanol–water partition coefficient (Wildman–Crippen LogP) is 5.46. The van der Waals surface area contributed by atoms with Crippen molar-refractivity contribution in [2.75, 3.05) is 13.1 Å². The molecular formula is C29H25FN8O. The summed E-state index contributed by atoms with van der Waals surface area (Å²) in [5, 5.41) is 18.2. The molecule has 9 nitrogen and oxygen atoms in total. The van der Waals surface area contributed by atoms with Gasteiger partial charge in [-0.05, 0) is 67.4 Å². The lowest BCUT2D eigenvalue weighted by Gasteiger charge is -2.26. The van der Waals surface area contributed by atoms with Crippen molar-refractivity contribution < 1.29 is 9.50 Å². The maximum atomic E-state index is 14.0. The second-order valence-electron chi connectivity index (χ2n) is 9.95. The van der Waals surface area contributed by atoms with Crippen molar-refractivity contribution in [1.29, 1.82) is 0 Å². The summed E-state index contributed by atoms with van der Waals surface area (Å²) in [5.74, 6) is -0.179. The van der Waals surface area contributed by atoms with Gasteiger partial charge in [0, 0.05) is 54.1 Å². The summed E-state index contributed by atoms with van der Waals surface area (Å²) >= 11 is 0. The quantitative estimate of drug-likeness (QED) is 0.276. The molecule has 0 amide bonds. The maximum absolute atomic E-state index is 14.0. The number of aromatic amines is 2. The Bertz CT molecular complexity index is 1800. The molecule has 1 aliphatic heterocycles. The van der Waals surface area contributed by atoms with E-state index in [0.29, 0.717) is 39.5 Å². The van der Waals surface area contributed by atoms with Crippen LogP contribution in [0.1, 0.15) is 24.8 Å². The van der Waals surface area contributed by atoms with Crippen LogP contribution in [-0.4, -0.2) is 58.2 Å². The standard InChI is InChI=1S/C29H25FN8O/c30-21-9-18(10-22(39)12-21)23-4-5-32-28-25(23)34-29(35-28)26-24-11-20(15-33-27(24)37-36-26)19-8-17(13-31-14-19)16-38-6-2-1-3-7-38/h4-5,8-15,39H,1-3,6-7,16H2,(H,32,34,35)(H,33,36,37). The fourth-order valence-corrected chi connectivity index (χ4v) is 5.33. The van der Waals surface area contributed by atoms with E-state index in [1.165, 1.54) is 37.0 Å². The average Bonchev–Trinajstić information content (AvgIpc) is 3.57. The lowest BCUT2D eigenvalue weighted by molar-refractivity contribution is 0.220. The van der Waals surface area contributed by atoms with Crippen molar-refractivity contribution >= 4 is 22.2 Å².